The Labute approximate surface area is 339 Å². The second-order valence-electron chi connectivity index (χ2n) is 14.9. The van der Waals surface area contributed by atoms with Crippen molar-refractivity contribution in [2.75, 3.05) is 5.32 Å². The molecule has 1 N–H and O–H groups in total. The summed E-state index contributed by atoms with van der Waals surface area (Å²) in [5.41, 5.74) is 16.6. The van der Waals surface area contributed by atoms with Crippen molar-refractivity contribution in [1.29, 1.82) is 5.26 Å². The lowest BCUT2D eigenvalue weighted by atomic mass is 9.67. The zero-order valence-corrected chi connectivity index (χ0v) is 31.8. The van der Waals surface area contributed by atoms with Gasteiger partial charge in [-0.2, -0.15) is 5.26 Å². The molecule has 2 aliphatic carbocycles. The number of hydrogen-bond donors (Lipinski definition) is 1. The average Bonchev–Trinajstić information content (AvgIpc) is 3.60. The molecule has 4 nitrogen and oxygen atoms in total. The lowest BCUT2D eigenvalue weighted by molar-refractivity contribution is 0.768. The number of nitrogens with zero attached hydrogens (tertiary/aromatic N) is 3. The van der Waals surface area contributed by atoms with E-state index >= 15 is 0 Å². The van der Waals surface area contributed by atoms with Crippen molar-refractivity contribution in [3.63, 3.8) is 0 Å². The molecule has 0 amide bonds. The molecule has 7 aromatic carbocycles. The van der Waals surface area contributed by atoms with Gasteiger partial charge in [0.2, 0.25) is 0 Å². The Kier molecular flexibility index (Phi) is 8.89. The van der Waals surface area contributed by atoms with Gasteiger partial charge in [0.25, 0.3) is 0 Å². The molecule has 2 aliphatic rings. The van der Waals surface area contributed by atoms with Gasteiger partial charge in [0, 0.05) is 28.1 Å². The van der Waals surface area contributed by atoms with Gasteiger partial charge in [-0.15, -0.1) is 0 Å². The first-order valence-electron chi connectivity index (χ1n) is 19.8. The van der Waals surface area contributed by atoms with Crippen LogP contribution in [0.1, 0.15) is 46.4 Å². The fraction of sp³-hybridized carbons (Fsp3) is 0.0556. The van der Waals surface area contributed by atoms with E-state index in [1.807, 2.05) is 36.4 Å². The second-order valence-corrected chi connectivity index (χ2v) is 14.9. The van der Waals surface area contributed by atoms with E-state index in [4.69, 9.17) is 9.97 Å². The molecule has 274 valence electrons. The summed E-state index contributed by atoms with van der Waals surface area (Å²) >= 11 is 0. The van der Waals surface area contributed by atoms with Crippen molar-refractivity contribution < 1.29 is 0 Å². The van der Waals surface area contributed by atoms with Crippen LogP contribution in [0.5, 0.6) is 0 Å². The molecule has 58 heavy (non-hydrogen) atoms. The van der Waals surface area contributed by atoms with Crippen molar-refractivity contribution in [2.45, 2.75) is 18.3 Å². The van der Waals surface area contributed by atoms with Gasteiger partial charge in [0.05, 0.1) is 28.4 Å². The van der Waals surface area contributed by atoms with Crippen LogP contribution < -0.4 is 5.32 Å². The van der Waals surface area contributed by atoms with Gasteiger partial charge >= 0.3 is 0 Å². The lowest BCUT2D eigenvalue weighted by Gasteiger charge is -2.33. The van der Waals surface area contributed by atoms with Crippen LogP contribution in [0.3, 0.4) is 0 Å². The van der Waals surface area contributed by atoms with Crippen molar-refractivity contribution in [1.82, 2.24) is 9.97 Å². The van der Waals surface area contributed by atoms with Crippen LogP contribution in [0, 0.1) is 11.3 Å². The molecule has 0 saturated heterocycles. The number of hydrogen-bond acceptors (Lipinski definition) is 4. The first kappa shape index (κ1) is 34.8. The highest BCUT2D eigenvalue weighted by molar-refractivity contribution is 5.91. The molecule has 0 unspecified atom stereocenters. The fourth-order valence-corrected chi connectivity index (χ4v) is 8.80. The Morgan fingerprint density at radius 3 is 2.00 bits per heavy atom. The molecule has 0 fully saturated rings. The first-order valence-corrected chi connectivity index (χ1v) is 19.8. The minimum Gasteiger partial charge on any atom is -0.355 e. The molecular formula is C54H38N4. The Hall–Kier alpha value is -7.61. The number of aromatic nitrogens is 2. The van der Waals surface area contributed by atoms with Crippen LogP contribution in [-0.4, -0.2) is 9.97 Å². The van der Waals surface area contributed by atoms with Gasteiger partial charge < -0.3 is 5.32 Å². The van der Waals surface area contributed by atoms with E-state index in [0.29, 0.717) is 11.4 Å². The Balaban J connectivity index is 1.04. The largest absolute Gasteiger partial charge is 0.355 e. The van der Waals surface area contributed by atoms with Crippen LogP contribution in [0.25, 0.3) is 50.5 Å². The van der Waals surface area contributed by atoms with Crippen LogP contribution in [0.15, 0.2) is 200 Å². The molecule has 1 aromatic heterocycles. The van der Waals surface area contributed by atoms with E-state index in [0.717, 1.165) is 57.9 Å². The fourth-order valence-electron chi connectivity index (χ4n) is 8.80. The summed E-state index contributed by atoms with van der Waals surface area (Å²) in [6.07, 6.45) is 8.31. The summed E-state index contributed by atoms with van der Waals surface area (Å²) in [7, 11) is 0. The van der Waals surface area contributed by atoms with Gasteiger partial charge in [-0.05, 0) is 99.8 Å². The topological polar surface area (TPSA) is 61.6 Å². The number of nitriles is 1. The highest BCUT2D eigenvalue weighted by atomic mass is 14.9. The van der Waals surface area contributed by atoms with E-state index < -0.39 is 5.41 Å². The third-order valence-corrected chi connectivity index (χ3v) is 11.5. The predicted octanol–water partition coefficient (Wildman–Crippen LogP) is 13.2. The molecule has 10 rings (SSSR count). The number of nitrogens with one attached hydrogen (secondary N) is 1. The molecule has 4 heteroatoms. The highest BCUT2D eigenvalue weighted by Gasteiger charge is 2.46. The van der Waals surface area contributed by atoms with Crippen molar-refractivity contribution in [3.05, 3.63) is 234 Å². The Morgan fingerprint density at radius 2 is 1.22 bits per heavy atom. The smallest absolute Gasteiger partial charge is 0.160 e. The standard InChI is InChI=1S/C54H38N4/c55-36-37-16-14-19-40(32-37)52-35-51(38-17-4-1-5-18-38)57-53(58-52)41-20-15-25-44(33-41)56-50-29-13-11-26-45(50)39-30-31-49-47(34-39)46-27-10-12-28-48(46)54(49,42-21-6-2-7-22-42)43-23-8-3-9-24-43/h1-4,6-17,19-35,56H,5,18H2. The van der Waals surface area contributed by atoms with E-state index in [9.17, 15) is 5.26 Å². The van der Waals surface area contributed by atoms with Crippen molar-refractivity contribution in [2.24, 2.45) is 0 Å². The van der Waals surface area contributed by atoms with Crippen LogP contribution in [0.4, 0.5) is 11.4 Å². The number of para-hydroxylation sites is 1. The molecule has 8 aromatic rings. The van der Waals surface area contributed by atoms with Gasteiger partial charge in [0.1, 0.15) is 0 Å². The molecular weight excluding hydrogens is 705 g/mol. The third-order valence-electron chi connectivity index (χ3n) is 11.5. The van der Waals surface area contributed by atoms with E-state index in [1.54, 1.807) is 0 Å². The van der Waals surface area contributed by atoms with Gasteiger partial charge in [0.15, 0.2) is 5.82 Å². The molecule has 1 heterocycles. The molecule has 0 atom stereocenters. The lowest BCUT2D eigenvalue weighted by Crippen LogP contribution is -2.28. The summed E-state index contributed by atoms with van der Waals surface area (Å²) in [5.74, 6) is 0.639. The average molecular weight is 743 g/mol. The van der Waals surface area contributed by atoms with E-state index in [2.05, 4.69) is 175 Å². The van der Waals surface area contributed by atoms with E-state index in [-0.39, 0.29) is 0 Å². The monoisotopic (exact) mass is 742 g/mol. The van der Waals surface area contributed by atoms with Crippen LogP contribution >= 0.6 is 0 Å². The SMILES string of the molecule is N#Cc1cccc(-c2cc(C3=CC=CCC3)nc(-c3cccc(Nc4ccccc4-c4ccc5c(c4)-c4ccccc4C5(c4ccccc4)c4ccccc4)c3)n2)c1. The summed E-state index contributed by atoms with van der Waals surface area (Å²) in [5, 5.41) is 13.4. The van der Waals surface area contributed by atoms with Gasteiger partial charge in [-0.1, -0.05) is 158 Å². The summed E-state index contributed by atoms with van der Waals surface area (Å²) in [4.78, 5) is 10.2. The Morgan fingerprint density at radius 1 is 0.534 bits per heavy atom. The number of allylic oxidation sites excluding steroid dienone is 4. The summed E-state index contributed by atoms with van der Waals surface area (Å²) in [6.45, 7) is 0. The predicted molar refractivity (Wildman–Crippen MR) is 236 cm³/mol. The molecule has 0 saturated carbocycles. The number of fused-ring (bicyclic) bond motifs is 3. The number of anilines is 2. The van der Waals surface area contributed by atoms with E-state index in [1.165, 1.54) is 39.0 Å². The maximum Gasteiger partial charge on any atom is 0.160 e. The normalized spacial score (nSPS) is 13.5. The molecule has 0 spiro atoms. The van der Waals surface area contributed by atoms with Gasteiger partial charge in [-0.3, -0.25) is 0 Å². The Bertz CT molecular complexity index is 2900. The quantitative estimate of drug-likeness (QED) is 0.168. The van der Waals surface area contributed by atoms with Gasteiger partial charge in [-0.25, -0.2) is 9.97 Å². The third kappa shape index (κ3) is 6.11. The summed E-state index contributed by atoms with van der Waals surface area (Å²) < 4.78 is 0. The second kappa shape index (κ2) is 14.8. The maximum absolute atomic E-state index is 9.62. The minimum absolute atomic E-state index is 0.437. The zero-order valence-electron chi connectivity index (χ0n) is 31.8. The van der Waals surface area contributed by atoms with Crippen molar-refractivity contribution in [3.8, 4) is 51.0 Å². The highest BCUT2D eigenvalue weighted by Crippen LogP contribution is 2.56. The van der Waals surface area contributed by atoms with Crippen molar-refractivity contribution >= 4 is 16.9 Å². The number of benzene rings is 7. The zero-order chi connectivity index (χ0) is 38.9. The maximum atomic E-state index is 9.62. The molecule has 0 radical (unpaired) electrons. The minimum atomic E-state index is -0.437. The van der Waals surface area contributed by atoms with Crippen LogP contribution in [0.2, 0.25) is 0 Å². The molecule has 0 bridgehead atoms. The van der Waals surface area contributed by atoms with Crippen LogP contribution in [-0.2, 0) is 5.41 Å². The number of rotatable bonds is 8. The summed E-state index contributed by atoms with van der Waals surface area (Å²) in [6, 6.07) is 66.5. The molecule has 0 aliphatic heterocycles. The first-order chi connectivity index (χ1) is 28.7.